The van der Waals surface area contributed by atoms with Crippen LogP contribution in [0.2, 0.25) is 0 Å². The van der Waals surface area contributed by atoms with Crippen LogP contribution in [-0.2, 0) is 4.79 Å². The van der Waals surface area contributed by atoms with Crippen LogP contribution in [0.15, 0.2) is 30.3 Å². The molecule has 1 aromatic carbocycles. The molecule has 0 saturated carbocycles. The van der Waals surface area contributed by atoms with Crippen molar-refractivity contribution in [3.63, 3.8) is 0 Å². The van der Waals surface area contributed by atoms with Crippen LogP contribution in [0, 0.1) is 5.92 Å². The molecule has 0 heterocycles. The van der Waals surface area contributed by atoms with E-state index in [1.54, 1.807) is 0 Å². The molecule has 1 unspecified atom stereocenters. The molecule has 0 aliphatic carbocycles. The highest BCUT2D eigenvalue weighted by Gasteiger charge is 2.23. The maximum absolute atomic E-state index is 12.3. The van der Waals surface area contributed by atoms with E-state index in [1.165, 1.54) is 0 Å². The Labute approximate surface area is 124 Å². The fourth-order valence-electron chi connectivity index (χ4n) is 2.07. The zero-order valence-electron chi connectivity index (χ0n) is 12.4. The Balaban J connectivity index is 2.76. The summed E-state index contributed by atoms with van der Waals surface area (Å²) in [6, 6.07) is 7.20. The molecule has 0 bridgehead atoms. The number of amides is 3. The van der Waals surface area contributed by atoms with Gasteiger partial charge >= 0.3 is 6.03 Å². The Morgan fingerprint density at radius 1 is 1.19 bits per heavy atom. The van der Waals surface area contributed by atoms with E-state index >= 15 is 0 Å². The molecule has 0 fully saturated rings. The van der Waals surface area contributed by atoms with Crippen molar-refractivity contribution in [2.45, 2.75) is 32.4 Å². The van der Waals surface area contributed by atoms with Crippen LogP contribution >= 0.6 is 0 Å². The number of urea groups is 1. The van der Waals surface area contributed by atoms with Crippen LogP contribution in [0.1, 0.15) is 31.9 Å². The number of nitrogens with one attached hydrogen (secondary N) is 2. The van der Waals surface area contributed by atoms with Crippen molar-refractivity contribution in [1.82, 2.24) is 10.6 Å². The van der Waals surface area contributed by atoms with Gasteiger partial charge in [-0.3, -0.25) is 4.79 Å². The van der Waals surface area contributed by atoms with Crippen molar-refractivity contribution in [2.24, 2.45) is 11.7 Å². The number of nitrogens with two attached hydrogens (primary N) is 1. The predicted molar refractivity (Wildman–Crippen MR) is 80.4 cm³/mol. The molecule has 2 atom stereocenters. The Hall–Kier alpha value is -2.08. The summed E-state index contributed by atoms with van der Waals surface area (Å²) in [5.74, 6) is -0.137. The predicted octanol–water partition coefficient (Wildman–Crippen LogP) is 0.919. The standard InChI is InChI=1S/C15H23N3O3/c1-10(2)8-12(18-15(16)21)14(20)17-13(9-19)11-6-4-3-5-7-11/h3-7,10,12-13,19H,8-9H2,1-2H3,(H,17,20)(H3,16,18,21)/t12?,13-/m0/s1. The fraction of sp³-hybridized carbons (Fsp3) is 0.467. The minimum absolute atomic E-state index is 0.219. The SMILES string of the molecule is CC(C)CC(NC(N)=O)C(=O)N[C@@H](CO)c1ccccc1. The van der Waals surface area contributed by atoms with Crippen LogP contribution in [0.4, 0.5) is 4.79 Å². The van der Waals surface area contributed by atoms with E-state index in [4.69, 9.17) is 5.73 Å². The van der Waals surface area contributed by atoms with Gasteiger partial charge in [0.25, 0.3) is 0 Å². The minimum Gasteiger partial charge on any atom is -0.394 e. The van der Waals surface area contributed by atoms with Crippen molar-refractivity contribution >= 4 is 11.9 Å². The summed E-state index contributed by atoms with van der Waals surface area (Å²) in [4.78, 5) is 23.3. The smallest absolute Gasteiger partial charge is 0.312 e. The van der Waals surface area contributed by atoms with E-state index in [2.05, 4.69) is 10.6 Å². The summed E-state index contributed by atoms with van der Waals surface area (Å²) in [6.07, 6.45) is 0.474. The molecule has 0 radical (unpaired) electrons. The molecule has 3 amide bonds. The van der Waals surface area contributed by atoms with Crippen LogP contribution in [0.25, 0.3) is 0 Å². The Morgan fingerprint density at radius 3 is 2.29 bits per heavy atom. The van der Waals surface area contributed by atoms with Gasteiger partial charge in [0.05, 0.1) is 12.6 Å². The van der Waals surface area contributed by atoms with E-state index in [0.29, 0.717) is 6.42 Å². The zero-order valence-corrected chi connectivity index (χ0v) is 12.4. The number of hydrogen-bond acceptors (Lipinski definition) is 3. The quantitative estimate of drug-likeness (QED) is 0.601. The first kappa shape index (κ1) is 17.0. The van der Waals surface area contributed by atoms with Gasteiger partial charge in [-0.2, -0.15) is 0 Å². The van der Waals surface area contributed by atoms with Crippen molar-refractivity contribution in [3.8, 4) is 0 Å². The van der Waals surface area contributed by atoms with E-state index in [0.717, 1.165) is 5.56 Å². The molecule has 0 saturated heterocycles. The monoisotopic (exact) mass is 293 g/mol. The lowest BCUT2D eigenvalue weighted by atomic mass is 10.0. The molecule has 0 aliphatic heterocycles. The van der Waals surface area contributed by atoms with E-state index < -0.39 is 18.1 Å². The van der Waals surface area contributed by atoms with Crippen LogP contribution in [-0.4, -0.2) is 29.7 Å². The van der Waals surface area contributed by atoms with Crippen molar-refractivity contribution in [1.29, 1.82) is 0 Å². The van der Waals surface area contributed by atoms with E-state index in [-0.39, 0.29) is 18.4 Å². The van der Waals surface area contributed by atoms with Gasteiger partial charge in [0, 0.05) is 0 Å². The molecule has 116 valence electrons. The summed E-state index contributed by atoms with van der Waals surface area (Å²) in [5, 5.41) is 14.6. The van der Waals surface area contributed by atoms with Crippen molar-refractivity contribution < 1.29 is 14.7 Å². The topological polar surface area (TPSA) is 104 Å². The number of benzene rings is 1. The zero-order chi connectivity index (χ0) is 15.8. The van der Waals surface area contributed by atoms with Gasteiger partial charge < -0.3 is 21.5 Å². The summed E-state index contributed by atoms with van der Waals surface area (Å²) in [7, 11) is 0. The average molecular weight is 293 g/mol. The number of carbonyl (C=O) groups excluding carboxylic acids is 2. The first-order valence-corrected chi connectivity index (χ1v) is 6.96. The average Bonchev–Trinajstić information content (AvgIpc) is 2.43. The number of hydrogen-bond donors (Lipinski definition) is 4. The highest BCUT2D eigenvalue weighted by atomic mass is 16.3. The lowest BCUT2D eigenvalue weighted by Gasteiger charge is -2.23. The molecule has 0 spiro atoms. The van der Waals surface area contributed by atoms with Gasteiger partial charge in [-0.1, -0.05) is 44.2 Å². The van der Waals surface area contributed by atoms with Crippen LogP contribution in [0.5, 0.6) is 0 Å². The van der Waals surface area contributed by atoms with Gasteiger partial charge in [0.1, 0.15) is 6.04 Å². The molecule has 1 rings (SSSR count). The summed E-state index contributed by atoms with van der Waals surface area (Å²) < 4.78 is 0. The van der Waals surface area contributed by atoms with Crippen molar-refractivity contribution in [3.05, 3.63) is 35.9 Å². The minimum atomic E-state index is -0.740. The lowest BCUT2D eigenvalue weighted by molar-refractivity contribution is -0.124. The number of carbonyl (C=O) groups is 2. The normalized spacial score (nSPS) is 13.5. The molecule has 5 N–H and O–H groups in total. The Kier molecular flexibility index (Phi) is 6.68. The third-order valence-corrected chi connectivity index (χ3v) is 3.04. The molecule has 6 nitrogen and oxygen atoms in total. The Bertz CT molecular complexity index is 462. The van der Waals surface area contributed by atoms with Gasteiger partial charge in [0.15, 0.2) is 0 Å². The second-order valence-corrected chi connectivity index (χ2v) is 5.35. The molecule has 0 aliphatic rings. The first-order valence-electron chi connectivity index (χ1n) is 6.96. The fourth-order valence-corrected chi connectivity index (χ4v) is 2.07. The number of rotatable bonds is 7. The molecule has 6 heteroatoms. The largest absolute Gasteiger partial charge is 0.394 e. The summed E-state index contributed by atoms with van der Waals surface area (Å²) >= 11 is 0. The highest BCUT2D eigenvalue weighted by Crippen LogP contribution is 2.13. The second kappa shape index (κ2) is 8.26. The molecule has 1 aromatic rings. The van der Waals surface area contributed by atoms with Crippen molar-refractivity contribution in [2.75, 3.05) is 6.61 Å². The number of aliphatic hydroxyl groups is 1. The molecule has 0 aromatic heterocycles. The highest BCUT2D eigenvalue weighted by molar-refractivity contribution is 5.86. The summed E-state index contributed by atoms with van der Waals surface area (Å²) in [6.45, 7) is 3.67. The van der Waals surface area contributed by atoms with E-state index in [1.807, 2.05) is 44.2 Å². The maximum atomic E-state index is 12.3. The third kappa shape index (κ3) is 5.83. The molecular weight excluding hydrogens is 270 g/mol. The van der Waals surface area contributed by atoms with Gasteiger partial charge in [-0.15, -0.1) is 0 Å². The Morgan fingerprint density at radius 2 is 1.81 bits per heavy atom. The van der Waals surface area contributed by atoms with Crippen LogP contribution in [0.3, 0.4) is 0 Å². The lowest BCUT2D eigenvalue weighted by Crippen LogP contribution is -2.50. The molecule has 21 heavy (non-hydrogen) atoms. The van der Waals surface area contributed by atoms with E-state index in [9.17, 15) is 14.7 Å². The maximum Gasteiger partial charge on any atom is 0.312 e. The third-order valence-electron chi connectivity index (χ3n) is 3.04. The van der Waals surface area contributed by atoms with Crippen LogP contribution < -0.4 is 16.4 Å². The number of primary amides is 1. The van der Waals surface area contributed by atoms with Gasteiger partial charge in [-0.25, -0.2) is 4.79 Å². The molecular formula is C15H23N3O3. The van der Waals surface area contributed by atoms with Gasteiger partial charge in [0.2, 0.25) is 5.91 Å². The number of aliphatic hydroxyl groups excluding tert-OH is 1. The summed E-state index contributed by atoms with van der Waals surface area (Å²) in [5.41, 5.74) is 5.90. The second-order valence-electron chi connectivity index (χ2n) is 5.35. The van der Waals surface area contributed by atoms with Gasteiger partial charge in [-0.05, 0) is 17.9 Å². The first-order chi connectivity index (χ1) is 9.93.